The average Bonchev–Trinajstić information content (AvgIpc) is 3.14. The van der Waals surface area contributed by atoms with Crippen LogP contribution in [0.15, 0.2) is 0 Å². The molecule has 4 atom stereocenters. The maximum absolute atomic E-state index is 12.6. The largest absolute Gasteiger partial charge is 0.472 e. The van der Waals surface area contributed by atoms with E-state index in [1.54, 1.807) is 0 Å². The van der Waals surface area contributed by atoms with Crippen LogP contribution in [0.1, 0.15) is 206 Å². The molecule has 11 nitrogen and oxygen atoms in total. The minimum atomic E-state index is -4.40. The number of hydrogen-bond acceptors (Lipinski definition) is 10. The van der Waals surface area contributed by atoms with Gasteiger partial charge in [-0.25, -0.2) is 4.57 Å². The third-order valence-electron chi connectivity index (χ3n) is 9.69. The first-order valence-corrected chi connectivity index (χ1v) is 23.2. The summed E-state index contributed by atoms with van der Waals surface area (Å²) in [7, 11) is -4.40. The lowest BCUT2D eigenvalue weighted by Gasteiger charge is -2.20. The van der Waals surface area contributed by atoms with Gasteiger partial charge in [0.2, 0.25) is 0 Å². The molecule has 0 bridgehead atoms. The fourth-order valence-corrected chi connectivity index (χ4v) is 7.08. The lowest BCUT2D eigenvalue weighted by molar-refractivity contribution is -0.161. The molecule has 0 aliphatic carbocycles. The van der Waals surface area contributed by atoms with E-state index >= 15 is 0 Å². The van der Waals surface area contributed by atoms with Crippen molar-refractivity contribution in [2.45, 2.75) is 225 Å². The molecule has 0 aromatic carbocycles. The van der Waals surface area contributed by atoms with Gasteiger partial charge in [0.05, 0.1) is 25.4 Å². The summed E-state index contributed by atoms with van der Waals surface area (Å²) in [6.45, 7) is 3.55. The molecule has 3 unspecified atom stereocenters. The summed E-state index contributed by atoms with van der Waals surface area (Å²) in [5.74, 6) is -0.923. The maximum Gasteiger partial charge on any atom is 0.472 e. The second kappa shape index (κ2) is 37.8. The van der Waals surface area contributed by atoms with Gasteiger partial charge in [-0.1, -0.05) is 168 Å². The van der Waals surface area contributed by atoms with Crippen LogP contribution in [-0.2, 0) is 32.7 Å². The van der Waals surface area contributed by atoms with Gasteiger partial charge in [-0.15, -0.1) is 0 Å². The monoisotopic (exact) mass is 780 g/mol. The maximum atomic E-state index is 12.6. The van der Waals surface area contributed by atoms with Gasteiger partial charge in [0.15, 0.2) is 6.10 Å². The number of ether oxygens (including phenoxy) is 2. The standard InChI is InChI=1S/C41H82NO10P/c1-3-5-7-9-11-12-13-14-15-16-17-18-19-23-28-32-41(46)52-37(36-51-53(47,48)50-34-33-42)35-49-40(45)31-27-24-20-22-26-30-39(44)38(43)29-25-21-10-8-6-4-2/h37-39,43-44H,3-36,42H2,1-2H3,(H,47,48)/t37-,38?,39?/m1/s1. The average molecular weight is 780 g/mol. The quantitative estimate of drug-likeness (QED) is 0.0264. The molecule has 12 heteroatoms. The smallest absolute Gasteiger partial charge is 0.462 e. The number of carbonyl (C=O) groups is 2. The van der Waals surface area contributed by atoms with Crippen LogP contribution < -0.4 is 5.73 Å². The van der Waals surface area contributed by atoms with E-state index in [1.807, 2.05) is 0 Å². The SMILES string of the molecule is CCCCCCCCCCCCCCCCCC(=O)O[C@H](COC(=O)CCCCCCCC(O)C(O)CCCCCCCC)COP(=O)(O)OCCN. The first-order chi connectivity index (χ1) is 25.6. The number of carbonyl (C=O) groups excluding carboxylic acids is 2. The van der Waals surface area contributed by atoms with Crippen molar-refractivity contribution >= 4 is 19.8 Å². The van der Waals surface area contributed by atoms with Crippen molar-refractivity contribution in [2.24, 2.45) is 5.73 Å². The number of phosphoric ester groups is 1. The summed E-state index contributed by atoms with van der Waals surface area (Å²) in [6, 6.07) is 0. The molecule has 316 valence electrons. The van der Waals surface area contributed by atoms with Gasteiger partial charge in [0.1, 0.15) is 6.61 Å². The van der Waals surface area contributed by atoms with Crippen LogP contribution in [0.3, 0.4) is 0 Å². The number of esters is 2. The van der Waals surface area contributed by atoms with Crippen molar-refractivity contribution in [3.05, 3.63) is 0 Å². The van der Waals surface area contributed by atoms with Crippen LogP contribution in [0.2, 0.25) is 0 Å². The Morgan fingerprint density at radius 2 is 0.925 bits per heavy atom. The zero-order valence-corrected chi connectivity index (χ0v) is 34.9. The second-order valence-corrected chi connectivity index (χ2v) is 16.3. The first-order valence-electron chi connectivity index (χ1n) is 21.7. The Kier molecular flexibility index (Phi) is 37.1. The van der Waals surface area contributed by atoms with Crippen molar-refractivity contribution < 1.29 is 47.8 Å². The van der Waals surface area contributed by atoms with Gasteiger partial charge in [0, 0.05) is 19.4 Å². The Morgan fingerprint density at radius 1 is 0.547 bits per heavy atom. The number of unbranched alkanes of at least 4 members (excludes halogenated alkanes) is 23. The topological polar surface area (TPSA) is 175 Å². The number of aliphatic hydroxyl groups is 2. The Balaban J connectivity index is 4.23. The van der Waals surface area contributed by atoms with Crippen LogP contribution in [0.25, 0.3) is 0 Å². The molecule has 0 aromatic heterocycles. The Morgan fingerprint density at radius 3 is 1.34 bits per heavy atom. The van der Waals surface area contributed by atoms with E-state index in [0.717, 1.165) is 57.8 Å². The van der Waals surface area contributed by atoms with E-state index in [4.69, 9.17) is 24.3 Å². The van der Waals surface area contributed by atoms with Crippen LogP contribution in [0, 0.1) is 0 Å². The molecule has 53 heavy (non-hydrogen) atoms. The van der Waals surface area contributed by atoms with Crippen LogP contribution >= 0.6 is 7.82 Å². The summed E-state index contributed by atoms with van der Waals surface area (Å²) >= 11 is 0. The fourth-order valence-electron chi connectivity index (χ4n) is 6.31. The Labute approximate surface area is 323 Å². The van der Waals surface area contributed by atoms with Gasteiger partial charge in [0.25, 0.3) is 0 Å². The Bertz CT molecular complexity index is 880. The molecule has 0 fully saturated rings. The highest BCUT2D eigenvalue weighted by molar-refractivity contribution is 7.47. The van der Waals surface area contributed by atoms with E-state index in [-0.39, 0.29) is 32.6 Å². The molecule has 5 N–H and O–H groups in total. The van der Waals surface area contributed by atoms with E-state index < -0.39 is 44.7 Å². The molecule has 0 amide bonds. The zero-order valence-electron chi connectivity index (χ0n) is 34.0. The first kappa shape index (κ1) is 51.9. The second-order valence-electron chi connectivity index (χ2n) is 14.9. The van der Waals surface area contributed by atoms with Crippen molar-refractivity contribution in [1.29, 1.82) is 0 Å². The third-order valence-corrected chi connectivity index (χ3v) is 10.7. The molecular formula is C41H82NO10P. The molecule has 0 saturated heterocycles. The van der Waals surface area contributed by atoms with Gasteiger partial charge in [-0.05, 0) is 25.7 Å². The number of hydrogen-bond donors (Lipinski definition) is 4. The Hall–Kier alpha value is -1.07. The molecule has 0 aromatic rings. The van der Waals surface area contributed by atoms with Gasteiger partial charge >= 0.3 is 19.8 Å². The van der Waals surface area contributed by atoms with E-state index in [2.05, 4.69) is 13.8 Å². The normalized spacial score (nSPS) is 14.5. The summed E-state index contributed by atoms with van der Waals surface area (Å²) in [4.78, 5) is 34.8. The van der Waals surface area contributed by atoms with E-state index in [9.17, 15) is 29.3 Å². The molecule has 0 saturated carbocycles. The van der Waals surface area contributed by atoms with Crippen molar-refractivity contribution in [1.82, 2.24) is 0 Å². The number of rotatable bonds is 41. The van der Waals surface area contributed by atoms with Crippen molar-refractivity contribution in [2.75, 3.05) is 26.4 Å². The van der Waals surface area contributed by atoms with Crippen LogP contribution in [0.5, 0.6) is 0 Å². The van der Waals surface area contributed by atoms with E-state index in [1.165, 1.54) is 96.3 Å². The summed E-state index contributed by atoms with van der Waals surface area (Å²) < 4.78 is 32.7. The van der Waals surface area contributed by atoms with E-state index in [0.29, 0.717) is 25.7 Å². The van der Waals surface area contributed by atoms with Crippen LogP contribution in [0.4, 0.5) is 0 Å². The molecule has 0 radical (unpaired) electrons. The van der Waals surface area contributed by atoms with Gasteiger partial charge < -0.3 is 30.3 Å². The van der Waals surface area contributed by atoms with Crippen molar-refractivity contribution in [3.63, 3.8) is 0 Å². The highest BCUT2D eigenvalue weighted by Gasteiger charge is 2.26. The van der Waals surface area contributed by atoms with Gasteiger partial charge in [-0.3, -0.25) is 18.6 Å². The lowest BCUT2D eigenvalue weighted by atomic mass is 9.99. The predicted octanol–water partition coefficient (Wildman–Crippen LogP) is 10.00. The summed E-state index contributed by atoms with van der Waals surface area (Å²) in [5, 5.41) is 20.5. The minimum Gasteiger partial charge on any atom is -0.462 e. The highest BCUT2D eigenvalue weighted by atomic mass is 31.2. The summed E-state index contributed by atoms with van der Waals surface area (Å²) in [5.41, 5.74) is 5.34. The molecular weight excluding hydrogens is 697 g/mol. The minimum absolute atomic E-state index is 0.0353. The highest BCUT2D eigenvalue weighted by Crippen LogP contribution is 2.43. The lowest BCUT2D eigenvalue weighted by Crippen LogP contribution is -2.29. The molecule has 0 spiro atoms. The summed E-state index contributed by atoms with van der Waals surface area (Å²) in [6.07, 6.45) is 28.6. The third kappa shape index (κ3) is 36.3. The molecule has 0 aliphatic rings. The number of phosphoric acid groups is 1. The van der Waals surface area contributed by atoms with Gasteiger partial charge in [-0.2, -0.15) is 0 Å². The predicted molar refractivity (Wildman–Crippen MR) is 213 cm³/mol. The molecule has 0 rings (SSSR count). The van der Waals surface area contributed by atoms with Crippen LogP contribution in [-0.4, -0.2) is 71.7 Å². The number of nitrogens with two attached hydrogens (primary N) is 1. The fraction of sp³-hybridized carbons (Fsp3) is 0.951. The number of aliphatic hydroxyl groups excluding tert-OH is 2. The van der Waals surface area contributed by atoms with Crippen molar-refractivity contribution in [3.8, 4) is 0 Å². The molecule has 0 aliphatic heterocycles. The zero-order chi connectivity index (χ0) is 39.3. The molecule has 0 heterocycles.